The molecule has 1 aromatic rings. The highest BCUT2D eigenvalue weighted by atomic mass is 16.6. The smallest absolute Gasteiger partial charge is 0.410 e. The summed E-state index contributed by atoms with van der Waals surface area (Å²) in [6.07, 6.45) is 1.25. The van der Waals surface area contributed by atoms with Gasteiger partial charge in [0.15, 0.2) is 0 Å². The van der Waals surface area contributed by atoms with Gasteiger partial charge in [0, 0.05) is 38.3 Å². The average Bonchev–Trinajstić information content (AvgIpc) is 2.71. The second-order valence-electron chi connectivity index (χ2n) is 10.7. The Kier molecular flexibility index (Phi) is 6.86. The number of ether oxygens (including phenoxy) is 1. The number of piperidine rings is 1. The van der Waals surface area contributed by atoms with Crippen LogP contribution in [0.2, 0.25) is 0 Å². The third-order valence-electron chi connectivity index (χ3n) is 6.18. The fraction of sp³-hybridized carbons (Fsp3) is 0.640. The maximum absolute atomic E-state index is 13.5. The molecule has 2 aliphatic heterocycles. The normalized spacial score (nSPS) is 21.3. The van der Waals surface area contributed by atoms with E-state index in [4.69, 9.17) is 4.74 Å². The van der Waals surface area contributed by atoms with Crippen molar-refractivity contribution in [3.05, 3.63) is 35.4 Å². The zero-order valence-corrected chi connectivity index (χ0v) is 20.3. The summed E-state index contributed by atoms with van der Waals surface area (Å²) in [6.45, 7) is 14.0. The topological polar surface area (TPSA) is 70.2 Å². The Morgan fingerprint density at radius 3 is 2.25 bits per heavy atom. The van der Waals surface area contributed by atoms with E-state index in [1.165, 1.54) is 0 Å². The molecule has 1 aromatic carbocycles. The van der Waals surface area contributed by atoms with E-state index in [1.54, 1.807) is 9.80 Å². The second-order valence-corrected chi connectivity index (χ2v) is 10.7. The lowest BCUT2D eigenvalue weighted by atomic mass is 9.91. The molecule has 2 heterocycles. The molecule has 0 unspecified atom stereocenters. The van der Waals surface area contributed by atoms with Crippen molar-refractivity contribution in [2.45, 2.75) is 65.5 Å². The number of nitrogens with zero attached hydrogens (tertiary/aromatic N) is 3. The van der Waals surface area contributed by atoms with Crippen molar-refractivity contribution in [2.75, 3.05) is 32.7 Å². The van der Waals surface area contributed by atoms with E-state index in [0.717, 1.165) is 18.4 Å². The van der Waals surface area contributed by atoms with E-state index in [0.29, 0.717) is 38.3 Å². The monoisotopic (exact) mass is 443 g/mol. The van der Waals surface area contributed by atoms with Crippen LogP contribution in [0.5, 0.6) is 0 Å². The van der Waals surface area contributed by atoms with Gasteiger partial charge in [-0.25, -0.2) is 4.79 Å². The van der Waals surface area contributed by atoms with Crippen molar-refractivity contribution in [1.29, 1.82) is 0 Å². The highest BCUT2D eigenvalue weighted by Gasteiger charge is 2.42. The third-order valence-corrected chi connectivity index (χ3v) is 6.18. The minimum absolute atomic E-state index is 0.0171. The summed E-state index contributed by atoms with van der Waals surface area (Å²) in [7, 11) is 0. The van der Waals surface area contributed by atoms with Gasteiger partial charge in [0.1, 0.15) is 5.60 Å². The highest BCUT2D eigenvalue weighted by Crippen LogP contribution is 2.28. The minimum Gasteiger partial charge on any atom is -0.444 e. The number of carbonyl (C=O) groups excluding carboxylic acids is 3. The van der Waals surface area contributed by atoms with E-state index < -0.39 is 11.1 Å². The molecule has 3 rings (SSSR count). The van der Waals surface area contributed by atoms with Gasteiger partial charge >= 0.3 is 6.09 Å². The number of hydrogen-bond donors (Lipinski definition) is 0. The van der Waals surface area contributed by atoms with Crippen LogP contribution < -0.4 is 0 Å². The van der Waals surface area contributed by atoms with Crippen molar-refractivity contribution in [3.63, 3.8) is 0 Å². The molecule has 176 valence electrons. The Balaban J connectivity index is 1.64. The molecule has 3 amide bonds. The second kappa shape index (κ2) is 9.12. The van der Waals surface area contributed by atoms with E-state index >= 15 is 0 Å². The molecule has 0 aromatic heterocycles. The van der Waals surface area contributed by atoms with E-state index in [9.17, 15) is 14.4 Å². The molecule has 32 heavy (non-hydrogen) atoms. The van der Waals surface area contributed by atoms with Gasteiger partial charge in [0.05, 0.1) is 11.5 Å². The van der Waals surface area contributed by atoms with Gasteiger partial charge in [0.2, 0.25) is 5.91 Å². The minimum atomic E-state index is -0.552. The molecule has 2 aliphatic rings. The van der Waals surface area contributed by atoms with Crippen molar-refractivity contribution in [2.24, 2.45) is 5.92 Å². The standard InChI is InChI=1S/C25H37N3O4/c1-18-9-11-19(12-10-18)21(29)26-13-7-8-20(16-26)22(30)28-15-14-27(17-25(28,5)6)23(31)32-24(2,3)4/h9-12,20H,7-8,13-17H2,1-6H3/t20-/m1/s1. The van der Waals surface area contributed by atoms with Crippen LogP contribution >= 0.6 is 0 Å². The predicted molar refractivity (Wildman–Crippen MR) is 123 cm³/mol. The van der Waals surface area contributed by atoms with E-state index in [2.05, 4.69) is 0 Å². The van der Waals surface area contributed by atoms with Gasteiger partial charge in [-0.05, 0) is 66.5 Å². The summed E-state index contributed by atoms with van der Waals surface area (Å²) < 4.78 is 5.51. The van der Waals surface area contributed by atoms with Crippen LogP contribution in [-0.2, 0) is 9.53 Å². The first-order valence-electron chi connectivity index (χ1n) is 11.5. The quantitative estimate of drug-likeness (QED) is 0.699. The Morgan fingerprint density at radius 2 is 1.66 bits per heavy atom. The molecule has 2 fully saturated rings. The van der Waals surface area contributed by atoms with Crippen LogP contribution in [0.15, 0.2) is 24.3 Å². The first-order chi connectivity index (χ1) is 14.9. The number of hydrogen-bond acceptors (Lipinski definition) is 4. The number of carbonyl (C=O) groups is 3. The Hall–Kier alpha value is -2.57. The van der Waals surface area contributed by atoms with Gasteiger partial charge in [-0.1, -0.05) is 17.7 Å². The molecule has 7 heteroatoms. The van der Waals surface area contributed by atoms with Crippen LogP contribution in [0.25, 0.3) is 0 Å². The maximum atomic E-state index is 13.5. The van der Waals surface area contributed by atoms with E-state index in [1.807, 2.05) is 70.7 Å². The van der Waals surface area contributed by atoms with Gasteiger partial charge < -0.3 is 19.4 Å². The molecular weight excluding hydrogens is 406 g/mol. The molecule has 1 atom stereocenters. The van der Waals surface area contributed by atoms with Gasteiger partial charge in [-0.2, -0.15) is 0 Å². The molecule has 0 spiro atoms. The molecule has 0 aliphatic carbocycles. The molecule has 0 radical (unpaired) electrons. The van der Waals surface area contributed by atoms with Gasteiger partial charge in [0.25, 0.3) is 5.91 Å². The van der Waals surface area contributed by atoms with Crippen LogP contribution in [0.3, 0.4) is 0 Å². The fourth-order valence-corrected chi connectivity index (χ4v) is 4.51. The first-order valence-corrected chi connectivity index (χ1v) is 11.5. The van der Waals surface area contributed by atoms with Crippen LogP contribution in [-0.4, -0.2) is 76.5 Å². The number of benzene rings is 1. The maximum Gasteiger partial charge on any atom is 0.410 e. The fourth-order valence-electron chi connectivity index (χ4n) is 4.51. The summed E-state index contributed by atoms with van der Waals surface area (Å²) in [4.78, 5) is 44.3. The number of likely N-dealkylation sites (tertiary alicyclic amines) is 1. The summed E-state index contributed by atoms with van der Waals surface area (Å²) in [6, 6.07) is 7.57. The van der Waals surface area contributed by atoms with Crippen molar-refractivity contribution in [1.82, 2.24) is 14.7 Å². The summed E-state index contributed by atoms with van der Waals surface area (Å²) in [5.74, 6) is -0.165. The number of piperazine rings is 1. The van der Waals surface area contributed by atoms with Crippen LogP contribution in [0.4, 0.5) is 4.79 Å². The molecular formula is C25H37N3O4. The van der Waals surface area contributed by atoms with Crippen molar-refractivity contribution < 1.29 is 19.1 Å². The molecule has 0 N–H and O–H groups in total. The number of rotatable bonds is 2. The van der Waals surface area contributed by atoms with Crippen molar-refractivity contribution >= 4 is 17.9 Å². The SMILES string of the molecule is Cc1ccc(C(=O)N2CCC[C@@H](C(=O)N3CCN(C(=O)OC(C)(C)C)CC3(C)C)C2)cc1. The average molecular weight is 444 g/mol. The number of aryl methyl sites for hydroxylation is 1. The van der Waals surface area contributed by atoms with Crippen LogP contribution in [0.1, 0.15) is 63.4 Å². The third kappa shape index (κ3) is 5.61. The summed E-state index contributed by atoms with van der Waals surface area (Å²) in [5.41, 5.74) is 0.718. The summed E-state index contributed by atoms with van der Waals surface area (Å²) >= 11 is 0. The first kappa shape index (κ1) is 24.1. The number of amides is 3. The van der Waals surface area contributed by atoms with Crippen LogP contribution in [0, 0.1) is 12.8 Å². The van der Waals surface area contributed by atoms with Gasteiger partial charge in [-0.3, -0.25) is 9.59 Å². The lowest BCUT2D eigenvalue weighted by Gasteiger charge is -2.48. The van der Waals surface area contributed by atoms with Gasteiger partial charge in [-0.15, -0.1) is 0 Å². The molecule has 2 saturated heterocycles. The molecule has 7 nitrogen and oxygen atoms in total. The Bertz CT molecular complexity index is 857. The molecule has 0 bridgehead atoms. The Labute approximate surface area is 191 Å². The lowest BCUT2D eigenvalue weighted by Crippen LogP contribution is -2.64. The molecule has 0 saturated carbocycles. The zero-order valence-electron chi connectivity index (χ0n) is 20.3. The highest BCUT2D eigenvalue weighted by molar-refractivity contribution is 5.94. The largest absolute Gasteiger partial charge is 0.444 e. The van der Waals surface area contributed by atoms with Crippen molar-refractivity contribution in [3.8, 4) is 0 Å². The predicted octanol–water partition coefficient (Wildman–Crippen LogP) is 3.71. The summed E-state index contributed by atoms with van der Waals surface area (Å²) in [5, 5.41) is 0. The zero-order chi connectivity index (χ0) is 23.7. The lowest BCUT2D eigenvalue weighted by molar-refractivity contribution is -0.146. The Morgan fingerprint density at radius 1 is 1.00 bits per heavy atom. The van der Waals surface area contributed by atoms with E-state index in [-0.39, 0.29) is 23.8 Å².